The van der Waals surface area contributed by atoms with Crippen LogP contribution in [0.15, 0.2) is 42.5 Å². The summed E-state index contributed by atoms with van der Waals surface area (Å²) in [6, 6.07) is 14.5. The van der Waals surface area contributed by atoms with Gasteiger partial charge in [-0.2, -0.15) is 0 Å². The summed E-state index contributed by atoms with van der Waals surface area (Å²) < 4.78 is 8.44. The van der Waals surface area contributed by atoms with E-state index in [2.05, 4.69) is 60.4 Å². The van der Waals surface area contributed by atoms with E-state index in [1.165, 1.54) is 10.4 Å². The molecule has 25 heavy (non-hydrogen) atoms. The Morgan fingerprint density at radius 3 is 2.64 bits per heavy atom. The van der Waals surface area contributed by atoms with Crippen molar-refractivity contribution in [2.75, 3.05) is 12.4 Å². The molecule has 2 heterocycles. The van der Waals surface area contributed by atoms with Gasteiger partial charge in [0.15, 0.2) is 0 Å². The van der Waals surface area contributed by atoms with Gasteiger partial charge in [-0.1, -0.05) is 41.9 Å². The van der Waals surface area contributed by atoms with Crippen molar-refractivity contribution >= 4 is 29.4 Å². The summed E-state index contributed by atoms with van der Waals surface area (Å²) in [7, 11) is 1.69. The molecule has 5 heteroatoms. The van der Waals surface area contributed by atoms with Crippen LogP contribution in [-0.4, -0.2) is 11.1 Å². The number of nitrogens with one attached hydrogen (secondary N) is 1. The maximum Gasteiger partial charge on any atom is 0.129 e. The molecule has 0 spiro atoms. The highest BCUT2D eigenvalue weighted by molar-refractivity contribution is 7.71. The summed E-state index contributed by atoms with van der Waals surface area (Å²) in [5, 5.41) is 3.64. The Morgan fingerprint density at radius 1 is 1.16 bits per heavy atom. The molecule has 4 rings (SSSR count). The topological polar surface area (TPSA) is 26.2 Å². The molecule has 0 aliphatic carbocycles. The highest BCUT2D eigenvalue weighted by Crippen LogP contribution is 2.48. The van der Waals surface area contributed by atoms with E-state index in [-0.39, 0.29) is 5.54 Å². The van der Waals surface area contributed by atoms with Crippen molar-refractivity contribution in [1.82, 2.24) is 3.96 Å². The third-order valence-electron chi connectivity index (χ3n) is 4.65. The highest BCUT2D eigenvalue weighted by atomic mass is 32.1. The summed E-state index contributed by atoms with van der Waals surface area (Å²) in [5.74, 6) is 0.846. The summed E-state index contributed by atoms with van der Waals surface area (Å²) in [6.07, 6.45) is 0. The number of para-hydroxylation sites is 1. The van der Waals surface area contributed by atoms with Crippen molar-refractivity contribution in [2.24, 2.45) is 0 Å². The third kappa shape index (κ3) is 2.50. The number of hydrogen-bond acceptors (Lipinski definition) is 4. The first kappa shape index (κ1) is 16.4. The lowest BCUT2D eigenvalue weighted by molar-refractivity contribution is 0.415. The first-order valence-electron chi connectivity index (χ1n) is 8.22. The van der Waals surface area contributed by atoms with Gasteiger partial charge in [0.25, 0.3) is 0 Å². The number of benzene rings is 2. The second-order valence-electron chi connectivity index (χ2n) is 6.84. The number of hydrogen-bond donors (Lipinski definition) is 1. The molecule has 1 aliphatic heterocycles. The molecule has 0 unspecified atom stereocenters. The molecule has 2 aromatic carbocycles. The lowest BCUT2D eigenvalue weighted by Crippen LogP contribution is -2.30. The minimum Gasteiger partial charge on any atom is -0.497 e. The molecule has 1 aliphatic rings. The van der Waals surface area contributed by atoms with E-state index in [0.717, 1.165) is 32.9 Å². The fraction of sp³-hybridized carbons (Fsp3) is 0.250. The van der Waals surface area contributed by atoms with Gasteiger partial charge in [-0.3, -0.25) is 3.96 Å². The molecule has 3 aromatic rings. The normalized spacial score (nSPS) is 14.4. The Morgan fingerprint density at radius 2 is 1.92 bits per heavy atom. The van der Waals surface area contributed by atoms with Gasteiger partial charge in [-0.05, 0) is 44.5 Å². The molecule has 0 fully saturated rings. The summed E-state index contributed by atoms with van der Waals surface area (Å²) in [4.78, 5) is 1.26. The minimum atomic E-state index is -0.194. The summed E-state index contributed by atoms with van der Waals surface area (Å²) in [6.45, 7) is 6.52. The Balaban J connectivity index is 2.01. The van der Waals surface area contributed by atoms with Crippen LogP contribution in [0.25, 0.3) is 16.8 Å². The molecule has 0 saturated heterocycles. The van der Waals surface area contributed by atoms with Crippen LogP contribution < -0.4 is 10.1 Å². The molecular formula is C20H20N2OS2. The largest absolute Gasteiger partial charge is 0.497 e. The van der Waals surface area contributed by atoms with Crippen molar-refractivity contribution in [3.05, 3.63) is 57.5 Å². The van der Waals surface area contributed by atoms with Gasteiger partial charge >= 0.3 is 0 Å². The average molecular weight is 369 g/mol. The molecule has 1 N–H and O–H groups in total. The zero-order chi connectivity index (χ0) is 17.8. The Bertz CT molecular complexity index is 1030. The van der Waals surface area contributed by atoms with Gasteiger partial charge in [0, 0.05) is 22.9 Å². The van der Waals surface area contributed by atoms with Crippen molar-refractivity contribution < 1.29 is 4.74 Å². The average Bonchev–Trinajstić information content (AvgIpc) is 2.93. The van der Waals surface area contributed by atoms with Crippen LogP contribution >= 0.6 is 23.8 Å². The molecular weight excluding hydrogens is 348 g/mol. The van der Waals surface area contributed by atoms with Gasteiger partial charge in [-0.15, -0.1) is 0 Å². The maximum atomic E-state index is 5.91. The fourth-order valence-corrected chi connectivity index (χ4v) is 5.08. The summed E-state index contributed by atoms with van der Waals surface area (Å²) >= 11 is 7.64. The molecule has 128 valence electrons. The van der Waals surface area contributed by atoms with E-state index in [1.54, 1.807) is 18.6 Å². The van der Waals surface area contributed by atoms with Gasteiger partial charge in [0.05, 0.1) is 23.2 Å². The Hall–Kier alpha value is -2.11. The van der Waals surface area contributed by atoms with Crippen molar-refractivity contribution in [3.63, 3.8) is 0 Å². The van der Waals surface area contributed by atoms with Crippen LogP contribution in [0, 0.1) is 11.6 Å². The predicted molar refractivity (Wildman–Crippen MR) is 108 cm³/mol. The third-order valence-corrected chi connectivity index (χ3v) is 6.61. The van der Waals surface area contributed by atoms with E-state index >= 15 is 0 Å². The molecule has 1 aromatic heterocycles. The number of nitrogens with zero attached hydrogens (tertiary/aromatic N) is 1. The van der Waals surface area contributed by atoms with E-state index in [1.807, 2.05) is 12.1 Å². The number of aromatic nitrogens is 1. The molecule has 0 radical (unpaired) electrons. The number of aryl methyl sites for hydroxylation is 1. The molecule has 3 nitrogen and oxygen atoms in total. The van der Waals surface area contributed by atoms with E-state index in [0.29, 0.717) is 0 Å². The second kappa shape index (κ2) is 5.71. The zero-order valence-electron chi connectivity index (χ0n) is 14.7. The number of anilines is 1. The standard InChI is InChI=1S/C20H20N2OS2/c1-12-7-5-6-8-16(12)22-19(24)17-14-10-9-13(23-4)11-15(14)21-20(2,3)18(17)25-22/h5-11,21H,1-4H3. The molecule has 0 atom stereocenters. The van der Waals surface area contributed by atoms with Crippen molar-refractivity contribution in [1.29, 1.82) is 0 Å². The second-order valence-corrected chi connectivity index (χ2v) is 8.19. The van der Waals surface area contributed by atoms with Crippen LogP contribution in [0.1, 0.15) is 24.3 Å². The number of ether oxygens (including phenoxy) is 1. The van der Waals surface area contributed by atoms with E-state index < -0.39 is 0 Å². The number of rotatable bonds is 2. The van der Waals surface area contributed by atoms with Gasteiger partial charge in [-0.25, -0.2) is 0 Å². The zero-order valence-corrected chi connectivity index (χ0v) is 16.3. The molecule has 0 bridgehead atoms. The number of fused-ring (bicyclic) bond motifs is 3. The van der Waals surface area contributed by atoms with Crippen LogP contribution in [0.4, 0.5) is 5.69 Å². The number of methoxy groups -OCH3 is 1. The maximum absolute atomic E-state index is 5.91. The van der Waals surface area contributed by atoms with Gasteiger partial charge in [0.2, 0.25) is 0 Å². The lowest BCUT2D eigenvalue weighted by atomic mass is 9.90. The lowest BCUT2D eigenvalue weighted by Gasteiger charge is -2.33. The smallest absolute Gasteiger partial charge is 0.129 e. The highest BCUT2D eigenvalue weighted by Gasteiger charge is 2.34. The predicted octanol–water partition coefficient (Wildman–Crippen LogP) is 5.91. The Labute approximate surface area is 157 Å². The van der Waals surface area contributed by atoms with Crippen LogP contribution in [0.2, 0.25) is 0 Å². The van der Waals surface area contributed by atoms with Crippen LogP contribution in [0.5, 0.6) is 5.75 Å². The molecule has 0 amide bonds. The van der Waals surface area contributed by atoms with E-state index in [9.17, 15) is 0 Å². The first-order valence-corrected chi connectivity index (χ1v) is 9.40. The fourth-order valence-electron chi connectivity index (χ4n) is 3.36. The van der Waals surface area contributed by atoms with Gasteiger partial charge < -0.3 is 10.1 Å². The van der Waals surface area contributed by atoms with E-state index in [4.69, 9.17) is 17.0 Å². The van der Waals surface area contributed by atoms with Crippen LogP contribution in [0.3, 0.4) is 0 Å². The van der Waals surface area contributed by atoms with Crippen molar-refractivity contribution in [3.8, 4) is 22.6 Å². The van der Waals surface area contributed by atoms with Crippen LogP contribution in [-0.2, 0) is 5.54 Å². The Kier molecular flexibility index (Phi) is 3.74. The van der Waals surface area contributed by atoms with Crippen molar-refractivity contribution in [2.45, 2.75) is 26.3 Å². The monoisotopic (exact) mass is 368 g/mol. The molecule has 0 saturated carbocycles. The quantitative estimate of drug-likeness (QED) is 0.569. The minimum absolute atomic E-state index is 0.194. The first-order chi connectivity index (χ1) is 11.9. The summed E-state index contributed by atoms with van der Waals surface area (Å²) in [5.41, 5.74) is 5.54. The SMILES string of the molecule is COc1ccc2c(c1)NC(C)(C)c1sn(-c3ccccc3C)c(=S)c1-2. The van der Waals surface area contributed by atoms with Gasteiger partial charge in [0.1, 0.15) is 10.4 Å².